The standard InChI is InChI=1S/C37H39N5O6S/c1-20-17-21(2)35(49(40-45,41-46)42-47)22(3)32(20)39-27-18-28(48-24-15-13-23(14-16-24)37(7,8)19-36(4,5)6)31(38)30-29(27)33(43)25-11-9-10-12-26(25)34(30)44/h9-18,39H,19,38H2,1-8H3. The molecule has 12 heteroatoms. The van der Waals surface area contributed by atoms with Crippen molar-refractivity contribution in [3.8, 4) is 11.5 Å². The normalized spacial score (nSPS) is 13.3. The molecular formula is C37H39N5O6S. The summed E-state index contributed by atoms with van der Waals surface area (Å²) in [7, 11) is -3.84. The Labute approximate surface area is 286 Å². The number of hydrogen-bond donors (Lipinski definition) is 2. The molecule has 49 heavy (non-hydrogen) atoms. The predicted octanol–water partition coefficient (Wildman–Crippen LogP) is 10.4. The Hall–Kier alpha value is -5.23. The number of benzene rings is 4. The van der Waals surface area contributed by atoms with E-state index in [0.29, 0.717) is 28.1 Å². The Morgan fingerprint density at radius 3 is 1.86 bits per heavy atom. The van der Waals surface area contributed by atoms with Crippen molar-refractivity contribution in [2.45, 2.75) is 72.1 Å². The van der Waals surface area contributed by atoms with E-state index < -0.39 is 22.2 Å². The van der Waals surface area contributed by atoms with E-state index >= 15 is 0 Å². The lowest BCUT2D eigenvalue weighted by Crippen LogP contribution is -2.24. The molecule has 0 unspecified atom stereocenters. The molecule has 0 saturated heterocycles. The third kappa shape index (κ3) is 6.24. The molecule has 3 N–H and O–H groups in total. The van der Waals surface area contributed by atoms with Gasteiger partial charge in [0.1, 0.15) is 5.75 Å². The van der Waals surface area contributed by atoms with Gasteiger partial charge < -0.3 is 15.8 Å². The van der Waals surface area contributed by atoms with Crippen molar-refractivity contribution >= 4 is 39.2 Å². The molecule has 0 radical (unpaired) electrons. The molecule has 254 valence electrons. The smallest absolute Gasteiger partial charge is 0.198 e. The second kappa shape index (κ2) is 12.7. The highest BCUT2D eigenvalue weighted by Gasteiger charge is 2.38. The average Bonchev–Trinajstić information content (AvgIpc) is 3.04. The van der Waals surface area contributed by atoms with Crippen LogP contribution in [0.15, 0.2) is 79.3 Å². The maximum absolute atomic E-state index is 14.1. The van der Waals surface area contributed by atoms with Gasteiger partial charge >= 0.3 is 0 Å². The van der Waals surface area contributed by atoms with Crippen LogP contribution in [0.4, 0.5) is 17.1 Å². The summed E-state index contributed by atoms with van der Waals surface area (Å²) >= 11 is 0. The molecule has 0 aromatic heterocycles. The molecule has 0 atom stereocenters. The fraction of sp³-hybridized carbons (Fsp3) is 0.297. The van der Waals surface area contributed by atoms with Crippen molar-refractivity contribution in [3.05, 3.63) is 120 Å². The summed E-state index contributed by atoms with van der Waals surface area (Å²) in [4.78, 5) is 63.4. The monoisotopic (exact) mass is 681 g/mol. The van der Waals surface area contributed by atoms with Crippen molar-refractivity contribution in [3.63, 3.8) is 0 Å². The van der Waals surface area contributed by atoms with Crippen LogP contribution >= 0.6 is 10.6 Å². The number of carbonyl (C=O) groups is 2. The first-order valence-corrected chi connectivity index (χ1v) is 17.2. The fourth-order valence-corrected chi connectivity index (χ4v) is 8.38. The molecule has 0 fully saturated rings. The largest absolute Gasteiger partial charge is 0.455 e. The number of hydrogen-bond acceptors (Lipinski definition) is 11. The minimum absolute atomic E-state index is 0.00694. The Kier molecular flexibility index (Phi) is 9.07. The number of ether oxygens (including phenoxy) is 1. The molecule has 0 saturated carbocycles. The van der Waals surface area contributed by atoms with Gasteiger partial charge in [-0.05, 0) is 72.4 Å². The number of anilines is 3. The molecule has 1 aliphatic rings. The SMILES string of the molecule is Cc1cc(C)c(S(N=O)(N=O)N=O)c(C)c1Nc1cc(Oc2ccc(C(C)(C)CC(C)(C)C)cc2)c(N)c2c1C(=O)c1ccccc1C2=O. The zero-order chi connectivity index (χ0) is 36.1. The van der Waals surface area contributed by atoms with Gasteiger partial charge in [0.05, 0.1) is 27.4 Å². The topological polar surface area (TPSA) is 170 Å². The van der Waals surface area contributed by atoms with Gasteiger partial charge in [-0.3, -0.25) is 9.59 Å². The van der Waals surface area contributed by atoms with Gasteiger partial charge in [-0.2, -0.15) is 0 Å². The fourth-order valence-electron chi connectivity index (χ4n) is 7.07. The Morgan fingerprint density at radius 2 is 1.33 bits per heavy atom. The summed E-state index contributed by atoms with van der Waals surface area (Å²) in [5.74, 6) is -0.285. The summed E-state index contributed by atoms with van der Waals surface area (Å²) in [5.41, 5.74) is 10.2. The van der Waals surface area contributed by atoms with Crippen LogP contribution in [0.2, 0.25) is 0 Å². The van der Waals surface area contributed by atoms with Gasteiger partial charge in [0.15, 0.2) is 27.9 Å². The first kappa shape index (κ1) is 35.1. The number of nitroso groups, excluding NO2 is 3. The number of nitrogens with two attached hydrogens (primary N) is 1. The quantitative estimate of drug-likeness (QED) is 0.108. The Morgan fingerprint density at radius 1 is 0.776 bits per heavy atom. The van der Waals surface area contributed by atoms with Crippen molar-refractivity contribution in [1.29, 1.82) is 0 Å². The molecule has 4 aromatic rings. The summed E-state index contributed by atoms with van der Waals surface area (Å²) in [6, 6.07) is 17.4. The van der Waals surface area contributed by atoms with Crippen LogP contribution in [0, 0.1) is 40.9 Å². The lowest BCUT2D eigenvalue weighted by molar-refractivity contribution is 0.0980. The number of rotatable bonds is 10. The number of fused-ring (bicyclic) bond motifs is 2. The van der Waals surface area contributed by atoms with Gasteiger partial charge in [0.25, 0.3) is 0 Å². The van der Waals surface area contributed by atoms with Crippen LogP contribution < -0.4 is 15.8 Å². The lowest BCUT2D eigenvalue weighted by Gasteiger charge is -2.33. The van der Waals surface area contributed by atoms with Gasteiger partial charge in [0, 0.05) is 36.6 Å². The molecule has 4 aromatic carbocycles. The predicted molar refractivity (Wildman–Crippen MR) is 195 cm³/mol. The van der Waals surface area contributed by atoms with Crippen LogP contribution in [0.1, 0.15) is 95.1 Å². The maximum atomic E-state index is 14.1. The van der Waals surface area contributed by atoms with Gasteiger partial charge in [0.2, 0.25) is 0 Å². The highest BCUT2D eigenvalue weighted by atomic mass is 32.3. The maximum Gasteiger partial charge on any atom is 0.198 e. The second-order valence-corrected chi connectivity index (χ2v) is 16.1. The third-order valence-electron chi connectivity index (χ3n) is 8.78. The van der Waals surface area contributed by atoms with Crippen molar-refractivity contribution in [2.75, 3.05) is 11.1 Å². The summed E-state index contributed by atoms with van der Waals surface area (Å²) in [6.45, 7) is 16.0. The highest BCUT2D eigenvalue weighted by Crippen LogP contribution is 2.63. The van der Waals surface area contributed by atoms with Crippen LogP contribution in [0.5, 0.6) is 11.5 Å². The third-order valence-corrected chi connectivity index (χ3v) is 10.6. The van der Waals surface area contributed by atoms with E-state index in [1.807, 2.05) is 24.3 Å². The minimum Gasteiger partial charge on any atom is -0.455 e. The van der Waals surface area contributed by atoms with E-state index in [-0.39, 0.29) is 55.1 Å². The molecule has 0 aliphatic heterocycles. The van der Waals surface area contributed by atoms with Crippen LogP contribution in [0.25, 0.3) is 0 Å². The number of carbonyl (C=O) groups excluding carboxylic acids is 2. The molecule has 11 nitrogen and oxygen atoms in total. The molecule has 0 amide bonds. The second-order valence-electron chi connectivity index (χ2n) is 14.2. The zero-order valence-electron chi connectivity index (χ0n) is 28.8. The van der Waals surface area contributed by atoms with E-state index in [0.717, 1.165) is 12.0 Å². The van der Waals surface area contributed by atoms with E-state index in [1.165, 1.54) is 6.07 Å². The van der Waals surface area contributed by atoms with Gasteiger partial charge in [-0.1, -0.05) is 77.1 Å². The Bertz CT molecular complexity index is 2030. The van der Waals surface area contributed by atoms with Crippen molar-refractivity contribution < 1.29 is 14.3 Å². The van der Waals surface area contributed by atoms with Crippen molar-refractivity contribution in [2.24, 2.45) is 19.2 Å². The van der Waals surface area contributed by atoms with Crippen LogP contribution in [-0.4, -0.2) is 11.6 Å². The van der Waals surface area contributed by atoms with Crippen LogP contribution in [0.3, 0.4) is 0 Å². The van der Waals surface area contributed by atoms with E-state index in [4.69, 9.17) is 10.5 Å². The summed E-state index contributed by atoms with van der Waals surface area (Å²) in [6.07, 6.45) is 0.960. The number of aryl methyl sites for hydroxylation is 2. The summed E-state index contributed by atoms with van der Waals surface area (Å²) in [5, 5.41) is 3.24. The molecular weight excluding hydrogens is 643 g/mol. The first-order chi connectivity index (χ1) is 23.0. The molecule has 1 aliphatic carbocycles. The number of ketones is 2. The highest BCUT2D eigenvalue weighted by molar-refractivity contribution is 8.30. The molecule has 5 rings (SSSR count). The number of nitrogens with zero attached hydrogens (tertiary/aromatic N) is 3. The lowest BCUT2D eigenvalue weighted by atomic mass is 9.72. The Balaban J connectivity index is 1.68. The van der Waals surface area contributed by atoms with E-state index in [2.05, 4.69) is 53.7 Å². The van der Waals surface area contributed by atoms with Gasteiger partial charge in [-0.15, -0.1) is 14.7 Å². The van der Waals surface area contributed by atoms with E-state index in [9.17, 15) is 24.3 Å². The molecule has 0 heterocycles. The summed E-state index contributed by atoms with van der Waals surface area (Å²) < 4.78 is 14.6. The van der Waals surface area contributed by atoms with E-state index in [1.54, 1.807) is 51.1 Å². The average molecular weight is 682 g/mol. The molecule has 0 spiro atoms. The first-order valence-electron chi connectivity index (χ1n) is 15.7. The molecule has 0 bridgehead atoms. The van der Waals surface area contributed by atoms with Crippen LogP contribution in [-0.2, 0) is 5.41 Å². The van der Waals surface area contributed by atoms with Gasteiger partial charge in [-0.25, -0.2) is 0 Å². The number of nitrogens with one attached hydrogen (secondary N) is 1. The number of nitrogen functional groups attached to an aromatic ring is 1. The zero-order valence-corrected chi connectivity index (χ0v) is 29.6. The minimum atomic E-state index is -3.84. The van der Waals surface area contributed by atoms with Crippen molar-refractivity contribution in [1.82, 2.24) is 0 Å².